The molecule has 7 nitrogen and oxygen atoms in total. The average Bonchev–Trinajstić information content (AvgIpc) is 2.62. The van der Waals surface area contributed by atoms with Crippen molar-refractivity contribution >= 4 is 11.7 Å². The number of anilines is 1. The summed E-state index contributed by atoms with van der Waals surface area (Å²) in [7, 11) is 1.62. The summed E-state index contributed by atoms with van der Waals surface area (Å²) in [5.41, 5.74) is 0.0976. The number of aromatic nitrogens is 2. The van der Waals surface area contributed by atoms with Crippen LogP contribution >= 0.6 is 0 Å². The molecule has 7 heteroatoms. The lowest BCUT2D eigenvalue weighted by atomic mass is 10.2. The van der Waals surface area contributed by atoms with Crippen molar-refractivity contribution < 1.29 is 14.6 Å². The fourth-order valence-corrected chi connectivity index (χ4v) is 2.55. The van der Waals surface area contributed by atoms with Crippen LogP contribution in [0.25, 0.3) is 0 Å². The van der Waals surface area contributed by atoms with Gasteiger partial charge in [0.1, 0.15) is 17.3 Å². The summed E-state index contributed by atoms with van der Waals surface area (Å²) in [6.45, 7) is 2.43. The van der Waals surface area contributed by atoms with E-state index in [4.69, 9.17) is 4.74 Å². The largest absolute Gasteiger partial charge is 0.505 e. The van der Waals surface area contributed by atoms with Crippen LogP contribution in [0.3, 0.4) is 0 Å². The van der Waals surface area contributed by atoms with Crippen molar-refractivity contribution in [1.82, 2.24) is 14.9 Å². The highest BCUT2D eigenvalue weighted by Crippen LogP contribution is 2.21. The number of ether oxygens (including phenoxy) is 1. The van der Waals surface area contributed by atoms with Gasteiger partial charge in [0.15, 0.2) is 5.69 Å². The number of carbonyl (C=O) groups is 1. The molecule has 0 saturated carbocycles. The standard InChI is InChI=1S/C16H18N4O3/c1-23-12-4-6-17-14(11-12)19-7-9-20(10-8-19)16(22)15-13(21)3-2-5-18-15/h2-6,11,21H,7-10H2,1H3. The topological polar surface area (TPSA) is 78.8 Å². The molecule has 1 aliphatic heterocycles. The summed E-state index contributed by atoms with van der Waals surface area (Å²) in [4.78, 5) is 24.5. The van der Waals surface area contributed by atoms with Gasteiger partial charge in [0.25, 0.3) is 5.91 Å². The van der Waals surface area contributed by atoms with E-state index in [-0.39, 0.29) is 17.4 Å². The molecular formula is C16H18N4O3. The molecule has 0 atom stereocenters. The Morgan fingerprint density at radius 2 is 1.96 bits per heavy atom. The highest BCUT2D eigenvalue weighted by Gasteiger charge is 2.25. The van der Waals surface area contributed by atoms with Crippen LogP contribution in [0.4, 0.5) is 5.82 Å². The molecular weight excluding hydrogens is 296 g/mol. The number of aromatic hydroxyl groups is 1. The van der Waals surface area contributed by atoms with Crippen LogP contribution in [0.15, 0.2) is 36.7 Å². The summed E-state index contributed by atoms with van der Waals surface area (Å²) in [5, 5.41) is 9.75. The highest BCUT2D eigenvalue weighted by atomic mass is 16.5. The monoisotopic (exact) mass is 314 g/mol. The third-order valence-electron chi connectivity index (χ3n) is 3.83. The number of methoxy groups -OCH3 is 1. The summed E-state index contributed by atoms with van der Waals surface area (Å²) in [6, 6.07) is 6.74. The Balaban J connectivity index is 1.66. The third kappa shape index (κ3) is 3.18. The minimum absolute atomic E-state index is 0.0885. The Morgan fingerprint density at radius 3 is 2.65 bits per heavy atom. The van der Waals surface area contributed by atoms with E-state index in [1.807, 2.05) is 6.07 Å². The highest BCUT2D eigenvalue weighted by molar-refractivity contribution is 5.94. The van der Waals surface area contributed by atoms with Crippen molar-refractivity contribution in [1.29, 1.82) is 0 Å². The second-order valence-corrected chi connectivity index (χ2v) is 5.20. The molecule has 1 fully saturated rings. The van der Waals surface area contributed by atoms with Crippen molar-refractivity contribution in [3.05, 3.63) is 42.4 Å². The summed E-state index contributed by atoms with van der Waals surface area (Å²) < 4.78 is 5.21. The number of nitrogens with zero attached hydrogens (tertiary/aromatic N) is 4. The van der Waals surface area contributed by atoms with E-state index < -0.39 is 0 Å². The third-order valence-corrected chi connectivity index (χ3v) is 3.83. The van der Waals surface area contributed by atoms with Crippen LogP contribution < -0.4 is 9.64 Å². The van der Waals surface area contributed by atoms with Crippen molar-refractivity contribution in [2.75, 3.05) is 38.2 Å². The molecule has 1 amide bonds. The number of pyridine rings is 2. The van der Waals surface area contributed by atoms with Gasteiger partial charge in [0.2, 0.25) is 0 Å². The number of hydrogen-bond acceptors (Lipinski definition) is 6. The Kier molecular flexibility index (Phi) is 4.27. The van der Waals surface area contributed by atoms with Crippen molar-refractivity contribution in [3.8, 4) is 11.5 Å². The Labute approximate surface area is 134 Å². The Hall–Kier alpha value is -2.83. The minimum atomic E-state index is -0.249. The number of rotatable bonds is 3. The van der Waals surface area contributed by atoms with Crippen molar-refractivity contribution in [2.24, 2.45) is 0 Å². The molecule has 0 unspecified atom stereocenters. The van der Waals surface area contributed by atoms with E-state index in [0.717, 1.165) is 11.6 Å². The molecule has 3 rings (SSSR count). The quantitative estimate of drug-likeness (QED) is 0.916. The van der Waals surface area contributed by atoms with Gasteiger partial charge in [0.05, 0.1) is 7.11 Å². The minimum Gasteiger partial charge on any atom is -0.505 e. The first-order chi connectivity index (χ1) is 11.2. The van der Waals surface area contributed by atoms with E-state index in [2.05, 4.69) is 14.9 Å². The number of amides is 1. The van der Waals surface area contributed by atoms with Crippen LogP contribution in [0.1, 0.15) is 10.5 Å². The van der Waals surface area contributed by atoms with Crippen LogP contribution in [0, 0.1) is 0 Å². The molecule has 1 aliphatic rings. The first-order valence-electron chi connectivity index (χ1n) is 7.37. The maximum absolute atomic E-state index is 12.4. The maximum atomic E-state index is 12.4. The second kappa shape index (κ2) is 6.51. The molecule has 0 spiro atoms. The first-order valence-corrected chi connectivity index (χ1v) is 7.37. The molecule has 2 aromatic heterocycles. The fraction of sp³-hybridized carbons (Fsp3) is 0.312. The molecule has 3 heterocycles. The maximum Gasteiger partial charge on any atom is 0.276 e. The Morgan fingerprint density at radius 1 is 1.17 bits per heavy atom. The fourth-order valence-electron chi connectivity index (χ4n) is 2.55. The van der Waals surface area contributed by atoms with Gasteiger partial charge in [0, 0.05) is 44.6 Å². The molecule has 120 valence electrons. The summed E-state index contributed by atoms with van der Waals surface area (Å²) in [6.07, 6.45) is 3.21. The molecule has 0 radical (unpaired) electrons. The number of carbonyl (C=O) groups excluding carboxylic acids is 1. The second-order valence-electron chi connectivity index (χ2n) is 5.20. The number of piperazine rings is 1. The van der Waals surface area contributed by atoms with Crippen LogP contribution in [-0.2, 0) is 0 Å². The van der Waals surface area contributed by atoms with E-state index in [0.29, 0.717) is 26.2 Å². The molecule has 2 aromatic rings. The average molecular weight is 314 g/mol. The van der Waals surface area contributed by atoms with E-state index in [9.17, 15) is 9.90 Å². The van der Waals surface area contributed by atoms with Gasteiger partial charge in [-0.3, -0.25) is 4.79 Å². The molecule has 1 saturated heterocycles. The smallest absolute Gasteiger partial charge is 0.276 e. The van der Waals surface area contributed by atoms with Gasteiger partial charge in [-0.1, -0.05) is 0 Å². The van der Waals surface area contributed by atoms with Gasteiger partial charge in [-0.05, 0) is 18.2 Å². The van der Waals surface area contributed by atoms with Gasteiger partial charge < -0.3 is 19.6 Å². The van der Waals surface area contributed by atoms with Crippen molar-refractivity contribution in [2.45, 2.75) is 0 Å². The SMILES string of the molecule is COc1ccnc(N2CCN(C(=O)c3ncccc3O)CC2)c1. The van der Waals surface area contributed by atoms with E-state index in [1.165, 1.54) is 12.3 Å². The first kappa shape index (κ1) is 15.1. The predicted molar refractivity (Wildman–Crippen MR) is 84.8 cm³/mol. The lowest BCUT2D eigenvalue weighted by molar-refractivity contribution is 0.0737. The van der Waals surface area contributed by atoms with Crippen LogP contribution in [-0.4, -0.2) is 59.2 Å². The van der Waals surface area contributed by atoms with Crippen LogP contribution in [0.2, 0.25) is 0 Å². The molecule has 0 aromatic carbocycles. The molecule has 0 bridgehead atoms. The zero-order valence-corrected chi connectivity index (χ0v) is 12.8. The Bertz CT molecular complexity index is 699. The zero-order chi connectivity index (χ0) is 16.2. The molecule has 1 N–H and O–H groups in total. The normalized spacial score (nSPS) is 14.7. The van der Waals surface area contributed by atoms with Gasteiger partial charge in [-0.15, -0.1) is 0 Å². The van der Waals surface area contributed by atoms with Crippen LogP contribution in [0.5, 0.6) is 11.5 Å². The van der Waals surface area contributed by atoms with Gasteiger partial charge in [-0.2, -0.15) is 0 Å². The predicted octanol–water partition coefficient (Wildman–Crippen LogP) is 1.15. The number of hydrogen-bond donors (Lipinski definition) is 1. The molecule has 23 heavy (non-hydrogen) atoms. The van der Waals surface area contributed by atoms with Crippen molar-refractivity contribution in [3.63, 3.8) is 0 Å². The van der Waals surface area contributed by atoms with Gasteiger partial charge >= 0.3 is 0 Å². The zero-order valence-electron chi connectivity index (χ0n) is 12.8. The molecule has 0 aliphatic carbocycles. The lowest BCUT2D eigenvalue weighted by Gasteiger charge is -2.35. The van der Waals surface area contributed by atoms with Gasteiger partial charge in [-0.25, -0.2) is 9.97 Å². The van der Waals surface area contributed by atoms with E-state index >= 15 is 0 Å². The summed E-state index contributed by atoms with van der Waals surface area (Å²) in [5.74, 6) is 1.25. The van der Waals surface area contributed by atoms with E-state index in [1.54, 1.807) is 30.3 Å². The summed E-state index contributed by atoms with van der Waals surface area (Å²) >= 11 is 0. The lowest BCUT2D eigenvalue weighted by Crippen LogP contribution is -2.49.